The summed E-state index contributed by atoms with van der Waals surface area (Å²) in [6.45, 7) is 7.26. The number of anilines is 1. The Hall–Kier alpha value is -3.36. The highest BCUT2D eigenvalue weighted by Gasteiger charge is 2.30. The number of hydrogen-bond donors (Lipinski definition) is 0. The van der Waals surface area contributed by atoms with E-state index in [0.717, 1.165) is 60.3 Å². The van der Waals surface area contributed by atoms with Crippen molar-refractivity contribution in [2.24, 2.45) is 4.99 Å². The minimum Gasteiger partial charge on any atom is -0.378 e. The maximum absolute atomic E-state index is 13.4. The highest BCUT2D eigenvalue weighted by atomic mass is 32.2. The molecule has 0 spiro atoms. The molecular formula is C27H27FN4O2S. The highest BCUT2D eigenvalue weighted by Crippen LogP contribution is 2.35. The van der Waals surface area contributed by atoms with Crippen molar-refractivity contribution in [3.05, 3.63) is 82.3 Å². The number of benzene rings is 2. The summed E-state index contributed by atoms with van der Waals surface area (Å²) in [5.41, 5.74) is 5.79. The summed E-state index contributed by atoms with van der Waals surface area (Å²) in [5.74, 6) is -0.345. The molecule has 0 N–H and O–H groups in total. The van der Waals surface area contributed by atoms with Crippen LogP contribution in [0, 0.1) is 19.7 Å². The Kier molecular flexibility index (Phi) is 6.49. The lowest BCUT2D eigenvalue weighted by molar-refractivity contribution is -0.121. The molecule has 3 heterocycles. The molecule has 35 heavy (non-hydrogen) atoms. The number of aliphatic imine (C=N–C) groups is 1. The number of carbonyl (C=O) groups is 1. The molecule has 6 nitrogen and oxygen atoms in total. The Morgan fingerprint density at radius 1 is 1.00 bits per heavy atom. The van der Waals surface area contributed by atoms with E-state index in [1.807, 2.05) is 38.1 Å². The second kappa shape index (κ2) is 9.71. The summed E-state index contributed by atoms with van der Waals surface area (Å²) < 4.78 is 20.9. The molecule has 0 atom stereocenters. The van der Waals surface area contributed by atoms with E-state index in [1.54, 1.807) is 24.1 Å². The van der Waals surface area contributed by atoms with Crippen molar-refractivity contribution in [3.8, 4) is 5.69 Å². The predicted octanol–water partition coefficient (Wildman–Crippen LogP) is 5.30. The Morgan fingerprint density at radius 3 is 2.34 bits per heavy atom. The van der Waals surface area contributed by atoms with Gasteiger partial charge in [0.2, 0.25) is 0 Å². The standard InChI is InChI=1S/C27H27FN4O2S/c1-18-16-20(19(2)32(18)24-8-4-21(28)5-9-24)17-25-26(33)30(3)27(35-25)29-22-6-10-23(11-7-22)31-12-14-34-15-13-31/h4-11,16-17H,12-15H2,1-3H3/b25-17-,29-27?. The van der Waals surface area contributed by atoms with Gasteiger partial charge in [-0.3, -0.25) is 9.69 Å². The summed E-state index contributed by atoms with van der Waals surface area (Å²) >= 11 is 1.37. The molecule has 0 aliphatic carbocycles. The Labute approximate surface area is 208 Å². The van der Waals surface area contributed by atoms with Crippen LogP contribution in [0.3, 0.4) is 0 Å². The number of amidine groups is 1. The van der Waals surface area contributed by atoms with Crippen LogP contribution >= 0.6 is 11.8 Å². The van der Waals surface area contributed by atoms with Gasteiger partial charge in [0.05, 0.1) is 23.8 Å². The highest BCUT2D eigenvalue weighted by molar-refractivity contribution is 8.18. The number of amides is 1. The van der Waals surface area contributed by atoms with Crippen LogP contribution in [0.2, 0.25) is 0 Å². The molecule has 0 radical (unpaired) electrons. The molecule has 5 rings (SSSR count). The Balaban J connectivity index is 1.38. The van der Waals surface area contributed by atoms with E-state index >= 15 is 0 Å². The lowest BCUT2D eigenvalue weighted by Gasteiger charge is -2.28. The first-order chi connectivity index (χ1) is 16.9. The quantitative estimate of drug-likeness (QED) is 0.466. The first kappa shape index (κ1) is 23.4. The maximum atomic E-state index is 13.4. The Bertz CT molecular complexity index is 1310. The number of likely N-dealkylation sites (N-methyl/N-ethyl adjacent to an activating group) is 1. The molecule has 2 aliphatic heterocycles. The summed E-state index contributed by atoms with van der Waals surface area (Å²) in [4.78, 5) is 22.2. The number of thioether (sulfide) groups is 1. The van der Waals surface area contributed by atoms with Crippen LogP contribution < -0.4 is 4.90 Å². The van der Waals surface area contributed by atoms with Gasteiger partial charge in [0, 0.05) is 42.9 Å². The van der Waals surface area contributed by atoms with Gasteiger partial charge in [0.1, 0.15) is 5.82 Å². The molecule has 3 aromatic rings. The summed E-state index contributed by atoms with van der Waals surface area (Å²) in [7, 11) is 1.75. The molecule has 1 amide bonds. The molecule has 8 heteroatoms. The number of carbonyl (C=O) groups excluding carboxylic acids is 1. The lowest BCUT2D eigenvalue weighted by Crippen LogP contribution is -2.36. The zero-order valence-electron chi connectivity index (χ0n) is 20.0. The van der Waals surface area contributed by atoms with Crippen LogP contribution in [0.15, 0.2) is 64.5 Å². The number of aryl methyl sites for hydroxylation is 1. The fourth-order valence-electron chi connectivity index (χ4n) is 4.38. The van der Waals surface area contributed by atoms with Crippen LogP contribution in [-0.4, -0.2) is 53.9 Å². The van der Waals surface area contributed by atoms with E-state index in [0.29, 0.717) is 10.1 Å². The smallest absolute Gasteiger partial charge is 0.266 e. The number of halogens is 1. The average Bonchev–Trinajstić information content (AvgIpc) is 3.30. The fourth-order valence-corrected chi connectivity index (χ4v) is 5.36. The number of aromatic nitrogens is 1. The molecule has 2 fully saturated rings. The van der Waals surface area contributed by atoms with Gasteiger partial charge >= 0.3 is 0 Å². The molecular weight excluding hydrogens is 463 g/mol. The number of hydrogen-bond acceptors (Lipinski definition) is 5. The third-order valence-corrected chi connectivity index (χ3v) is 7.36. The van der Waals surface area contributed by atoms with Crippen molar-refractivity contribution in [2.45, 2.75) is 13.8 Å². The molecule has 2 saturated heterocycles. The zero-order chi connectivity index (χ0) is 24.5. The molecule has 2 aliphatic rings. The summed E-state index contributed by atoms with van der Waals surface area (Å²) in [5, 5.41) is 0.646. The SMILES string of the molecule is Cc1cc(/C=C2\SC(=Nc3ccc(N4CCOCC4)cc3)N(C)C2=O)c(C)n1-c1ccc(F)cc1. The van der Waals surface area contributed by atoms with Gasteiger partial charge in [-0.25, -0.2) is 9.38 Å². The third kappa shape index (κ3) is 4.76. The summed E-state index contributed by atoms with van der Waals surface area (Å²) in [6.07, 6.45) is 1.91. The monoisotopic (exact) mass is 490 g/mol. The predicted molar refractivity (Wildman–Crippen MR) is 140 cm³/mol. The topological polar surface area (TPSA) is 50.1 Å². The molecule has 2 aromatic carbocycles. The minimum absolute atomic E-state index is 0.0785. The zero-order valence-corrected chi connectivity index (χ0v) is 20.8. The van der Waals surface area contributed by atoms with Crippen molar-refractivity contribution in [1.82, 2.24) is 9.47 Å². The molecule has 0 unspecified atom stereocenters. The van der Waals surface area contributed by atoms with E-state index < -0.39 is 0 Å². The van der Waals surface area contributed by atoms with Gasteiger partial charge in [0.15, 0.2) is 5.17 Å². The largest absolute Gasteiger partial charge is 0.378 e. The van der Waals surface area contributed by atoms with Gasteiger partial charge in [-0.15, -0.1) is 0 Å². The van der Waals surface area contributed by atoms with E-state index in [1.165, 1.54) is 23.9 Å². The van der Waals surface area contributed by atoms with E-state index in [-0.39, 0.29) is 11.7 Å². The van der Waals surface area contributed by atoms with Crippen molar-refractivity contribution < 1.29 is 13.9 Å². The molecule has 1 aromatic heterocycles. The fraction of sp³-hybridized carbons (Fsp3) is 0.259. The average molecular weight is 491 g/mol. The molecule has 0 bridgehead atoms. The normalized spacial score (nSPS) is 18.8. The first-order valence-corrected chi connectivity index (χ1v) is 12.4. The van der Waals surface area contributed by atoms with Gasteiger partial charge in [-0.2, -0.15) is 0 Å². The first-order valence-electron chi connectivity index (χ1n) is 11.5. The van der Waals surface area contributed by atoms with Crippen LogP contribution in [0.5, 0.6) is 0 Å². The van der Waals surface area contributed by atoms with Crippen LogP contribution in [-0.2, 0) is 9.53 Å². The minimum atomic E-state index is -0.267. The van der Waals surface area contributed by atoms with Gasteiger partial charge in [0.25, 0.3) is 5.91 Å². The van der Waals surface area contributed by atoms with Crippen molar-refractivity contribution in [3.63, 3.8) is 0 Å². The van der Waals surface area contributed by atoms with Crippen LogP contribution in [0.25, 0.3) is 11.8 Å². The van der Waals surface area contributed by atoms with Crippen LogP contribution in [0.1, 0.15) is 17.0 Å². The number of morpholine rings is 1. The van der Waals surface area contributed by atoms with Crippen molar-refractivity contribution in [2.75, 3.05) is 38.3 Å². The third-order valence-electron chi connectivity index (χ3n) is 6.30. The maximum Gasteiger partial charge on any atom is 0.266 e. The second-order valence-electron chi connectivity index (χ2n) is 8.62. The summed E-state index contributed by atoms with van der Waals surface area (Å²) in [6, 6.07) is 16.5. The number of ether oxygens (including phenoxy) is 1. The second-order valence-corrected chi connectivity index (χ2v) is 9.63. The van der Waals surface area contributed by atoms with E-state index in [4.69, 9.17) is 9.73 Å². The number of nitrogens with zero attached hydrogens (tertiary/aromatic N) is 4. The van der Waals surface area contributed by atoms with Gasteiger partial charge in [-0.05, 0) is 91.8 Å². The van der Waals surface area contributed by atoms with E-state index in [9.17, 15) is 9.18 Å². The Morgan fingerprint density at radius 2 is 1.66 bits per heavy atom. The van der Waals surface area contributed by atoms with Crippen molar-refractivity contribution >= 4 is 40.3 Å². The van der Waals surface area contributed by atoms with Crippen molar-refractivity contribution in [1.29, 1.82) is 0 Å². The van der Waals surface area contributed by atoms with Gasteiger partial charge < -0.3 is 14.2 Å². The van der Waals surface area contributed by atoms with Gasteiger partial charge in [-0.1, -0.05) is 0 Å². The molecule has 0 saturated carbocycles. The number of rotatable bonds is 4. The lowest BCUT2D eigenvalue weighted by atomic mass is 10.2. The van der Waals surface area contributed by atoms with Crippen LogP contribution in [0.4, 0.5) is 15.8 Å². The molecule has 180 valence electrons. The van der Waals surface area contributed by atoms with E-state index in [2.05, 4.69) is 21.6 Å².